The highest BCUT2D eigenvalue weighted by molar-refractivity contribution is 6.42. The van der Waals surface area contributed by atoms with Crippen molar-refractivity contribution in [2.45, 2.75) is 26.4 Å². The average molecular weight is 381 g/mol. The highest BCUT2D eigenvalue weighted by Crippen LogP contribution is 2.23. The van der Waals surface area contributed by atoms with Crippen LogP contribution < -0.4 is 0 Å². The first-order valence-corrected chi connectivity index (χ1v) is 9.20. The van der Waals surface area contributed by atoms with E-state index < -0.39 is 0 Å². The lowest BCUT2D eigenvalue weighted by molar-refractivity contribution is -0.133. The molecule has 1 amide bonds. The van der Waals surface area contributed by atoms with Gasteiger partial charge in [-0.1, -0.05) is 29.3 Å². The fraction of sp³-hybridized carbons (Fsp3) is 0.444. The molecule has 1 aromatic carbocycles. The molecular formula is C18H22Cl2N4O. The molecule has 0 bridgehead atoms. The molecule has 2 aromatic rings. The first-order valence-electron chi connectivity index (χ1n) is 8.44. The van der Waals surface area contributed by atoms with Crippen molar-refractivity contribution in [3.05, 3.63) is 51.8 Å². The second-order valence-corrected chi connectivity index (χ2v) is 7.25. The van der Waals surface area contributed by atoms with E-state index in [4.69, 9.17) is 23.2 Å². The number of carbonyl (C=O) groups is 1. The van der Waals surface area contributed by atoms with Gasteiger partial charge < -0.3 is 4.90 Å². The zero-order valence-corrected chi connectivity index (χ0v) is 15.8. The number of amides is 1. The lowest BCUT2D eigenvalue weighted by Crippen LogP contribution is -2.48. The summed E-state index contributed by atoms with van der Waals surface area (Å²) in [5, 5.41) is 5.38. The van der Waals surface area contributed by atoms with E-state index in [1.807, 2.05) is 47.1 Å². The van der Waals surface area contributed by atoms with Crippen molar-refractivity contribution in [3.63, 3.8) is 0 Å². The van der Waals surface area contributed by atoms with Crippen LogP contribution in [0.1, 0.15) is 17.5 Å². The summed E-state index contributed by atoms with van der Waals surface area (Å²) in [6.45, 7) is 6.72. The van der Waals surface area contributed by atoms with Crippen molar-refractivity contribution in [3.8, 4) is 0 Å². The molecule has 134 valence electrons. The third-order valence-electron chi connectivity index (χ3n) is 4.43. The van der Waals surface area contributed by atoms with Crippen LogP contribution in [0.2, 0.25) is 10.0 Å². The van der Waals surface area contributed by atoms with E-state index in [0.717, 1.165) is 43.9 Å². The van der Waals surface area contributed by atoms with Crippen LogP contribution in [0.25, 0.3) is 0 Å². The average Bonchev–Trinajstić information content (AvgIpc) is 3.02. The predicted octanol–water partition coefficient (Wildman–Crippen LogP) is 3.23. The van der Waals surface area contributed by atoms with E-state index in [9.17, 15) is 4.79 Å². The lowest BCUT2D eigenvalue weighted by Gasteiger charge is -2.34. The number of piperazine rings is 1. The van der Waals surface area contributed by atoms with Crippen LogP contribution >= 0.6 is 23.2 Å². The van der Waals surface area contributed by atoms with Gasteiger partial charge in [0.2, 0.25) is 5.91 Å². The quantitative estimate of drug-likeness (QED) is 0.799. The maximum absolute atomic E-state index is 12.4. The number of halogens is 2. The number of carbonyl (C=O) groups excluding carboxylic acids is 1. The van der Waals surface area contributed by atoms with Gasteiger partial charge in [0, 0.05) is 51.9 Å². The number of aryl methyl sites for hydroxylation is 2. The Labute approximate surface area is 158 Å². The Hall–Kier alpha value is -1.56. The number of nitrogens with zero attached hydrogens (tertiary/aromatic N) is 4. The van der Waals surface area contributed by atoms with Crippen LogP contribution in [-0.4, -0.2) is 51.7 Å². The van der Waals surface area contributed by atoms with Gasteiger partial charge in [0.15, 0.2) is 0 Å². The summed E-state index contributed by atoms with van der Waals surface area (Å²) >= 11 is 12.0. The summed E-state index contributed by atoms with van der Waals surface area (Å²) < 4.78 is 1.83. The largest absolute Gasteiger partial charge is 0.340 e. The fourth-order valence-electron chi connectivity index (χ4n) is 3.01. The van der Waals surface area contributed by atoms with Crippen LogP contribution in [0.4, 0.5) is 0 Å². The molecule has 0 spiro atoms. The monoisotopic (exact) mass is 380 g/mol. The van der Waals surface area contributed by atoms with Gasteiger partial charge in [-0.05, 0) is 30.2 Å². The molecule has 1 fully saturated rings. The Kier molecular flexibility index (Phi) is 5.99. The maximum atomic E-state index is 12.4. The molecule has 1 aliphatic rings. The Morgan fingerprint density at radius 1 is 1.16 bits per heavy atom. The summed E-state index contributed by atoms with van der Waals surface area (Å²) in [5.41, 5.74) is 2.26. The van der Waals surface area contributed by atoms with Gasteiger partial charge in [0.25, 0.3) is 0 Å². The summed E-state index contributed by atoms with van der Waals surface area (Å²) in [5.74, 6) is 0.197. The summed E-state index contributed by atoms with van der Waals surface area (Å²) in [6.07, 6.45) is 4.27. The Bertz CT molecular complexity index is 738. The zero-order valence-electron chi connectivity index (χ0n) is 14.3. The first-order chi connectivity index (χ1) is 12.0. The van der Waals surface area contributed by atoms with Gasteiger partial charge >= 0.3 is 0 Å². The molecule has 1 aliphatic heterocycles. The summed E-state index contributed by atoms with van der Waals surface area (Å²) in [4.78, 5) is 16.6. The SMILES string of the molecule is Cc1cnn(CCC(=O)N2CCN(Cc3ccc(Cl)c(Cl)c3)CC2)c1. The Morgan fingerprint density at radius 3 is 2.56 bits per heavy atom. The summed E-state index contributed by atoms with van der Waals surface area (Å²) in [7, 11) is 0. The molecule has 0 radical (unpaired) electrons. The normalized spacial score (nSPS) is 15.6. The minimum Gasteiger partial charge on any atom is -0.340 e. The lowest BCUT2D eigenvalue weighted by atomic mass is 10.2. The first kappa shape index (κ1) is 18.2. The molecule has 5 nitrogen and oxygen atoms in total. The topological polar surface area (TPSA) is 41.4 Å². The van der Waals surface area contributed by atoms with Crippen LogP contribution in [-0.2, 0) is 17.9 Å². The van der Waals surface area contributed by atoms with Gasteiger partial charge in [-0.25, -0.2) is 0 Å². The molecular weight excluding hydrogens is 359 g/mol. The number of hydrogen-bond donors (Lipinski definition) is 0. The van der Waals surface area contributed by atoms with Crippen LogP contribution in [0.3, 0.4) is 0 Å². The van der Waals surface area contributed by atoms with E-state index in [-0.39, 0.29) is 5.91 Å². The Balaban J connectivity index is 1.44. The molecule has 0 N–H and O–H groups in total. The second kappa shape index (κ2) is 8.21. The van der Waals surface area contributed by atoms with E-state index in [1.54, 1.807) is 0 Å². The molecule has 1 saturated heterocycles. The minimum absolute atomic E-state index is 0.197. The van der Waals surface area contributed by atoms with Crippen molar-refractivity contribution in [1.29, 1.82) is 0 Å². The molecule has 0 atom stereocenters. The van der Waals surface area contributed by atoms with Gasteiger partial charge in [-0.2, -0.15) is 5.10 Å². The van der Waals surface area contributed by atoms with Crippen molar-refractivity contribution in [2.24, 2.45) is 0 Å². The van der Waals surface area contributed by atoms with Crippen LogP contribution in [0.5, 0.6) is 0 Å². The molecule has 0 unspecified atom stereocenters. The van der Waals surface area contributed by atoms with Crippen LogP contribution in [0.15, 0.2) is 30.6 Å². The highest BCUT2D eigenvalue weighted by atomic mass is 35.5. The third kappa shape index (κ3) is 4.97. The Morgan fingerprint density at radius 2 is 1.92 bits per heavy atom. The molecule has 0 saturated carbocycles. The minimum atomic E-state index is 0.197. The number of benzene rings is 1. The van der Waals surface area contributed by atoms with E-state index in [2.05, 4.69) is 10.00 Å². The van der Waals surface area contributed by atoms with Gasteiger partial charge in [-0.15, -0.1) is 0 Å². The second-order valence-electron chi connectivity index (χ2n) is 6.44. The predicted molar refractivity (Wildman–Crippen MR) is 99.9 cm³/mol. The standard InChI is InChI=1S/C18H22Cl2N4O/c1-14-11-21-24(12-14)5-4-18(25)23-8-6-22(7-9-23)13-15-2-3-16(19)17(20)10-15/h2-3,10-12H,4-9,13H2,1H3. The van der Waals surface area contributed by atoms with E-state index in [0.29, 0.717) is 23.0 Å². The molecule has 1 aromatic heterocycles. The highest BCUT2D eigenvalue weighted by Gasteiger charge is 2.21. The smallest absolute Gasteiger partial charge is 0.224 e. The number of rotatable bonds is 5. The van der Waals surface area contributed by atoms with Gasteiger partial charge in [0.1, 0.15) is 0 Å². The van der Waals surface area contributed by atoms with Crippen molar-refractivity contribution in [2.75, 3.05) is 26.2 Å². The molecule has 3 rings (SSSR count). The summed E-state index contributed by atoms with van der Waals surface area (Å²) in [6, 6.07) is 5.74. The van der Waals surface area contributed by atoms with Crippen LogP contribution in [0, 0.1) is 6.92 Å². The van der Waals surface area contributed by atoms with Crippen molar-refractivity contribution in [1.82, 2.24) is 19.6 Å². The molecule has 0 aliphatic carbocycles. The van der Waals surface area contributed by atoms with Gasteiger partial charge in [0.05, 0.1) is 16.2 Å². The number of aromatic nitrogens is 2. The maximum Gasteiger partial charge on any atom is 0.224 e. The number of hydrogen-bond acceptors (Lipinski definition) is 3. The van der Waals surface area contributed by atoms with Gasteiger partial charge in [-0.3, -0.25) is 14.4 Å². The third-order valence-corrected chi connectivity index (χ3v) is 5.17. The molecule has 7 heteroatoms. The molecule has 2 heterocycles. The van der Waals surface area contributed by atoms with Crippen molar-refractivity contribution >= 4 is 29.1 Å². The molecule has 25 heavy (non-hydrogen) atoms. The van der Waals surface area contributed by atoms with E-state index >= 15 is 0 Å². The van der Waals surface area contributed by atoms with Crippen molar-refractivity contribution < 1.29 is 4.79 Å². The fourth-order valence-corrected chi connectivity index (χ4v) is 3.33. The van der Waals surface area contributed by atoms with E-state index in [1.165, 1.54) is 0 Å². The zero-order chi connectivity index (χ0) is 17.8.